The Balaban J connectivity index is 1.56. The highest BCUT2D eigenvalue weighted by Crippen LogP contribution is 2.22. The summed E-state index contributed by atoms with van der Waals surface area (Å²) in [6.45, 7) is 6.77. The van der Waals surface area contributed by atoms with Crippen LogP contribution in [-0.2, 0) is 4.79 Å². The SMILES string of the molecule is CN1CCC(N2CCN(c3ccc(C(=C=N)C=O)cc3)CC2)CC1. The van der Waals surface area contributed by atoms with Gasteiger partial charge in [0.15, 0.2) is 6.29 Å². The van der Waals surface area contributed by atoms with Crippen LogP contribution in [0.15, 0.2) is 24.3 Å². The molecule has 1 aromatic rings. The summed E-state index contributed by atoms with van der Waals surface area (Å²) in [7, 11) is 2.21. The number of carbonyl (C=O) groups is 1. The number of piperazine rings is 1. The summed E-state index contributed by atoms with van der Waals surface area (Å²) in [5, 5.41) is 7.14. The van der Waals surface area contributed by atoms with Gasteiger partial charge in [0.05, 0.1) is 5.57 Å². The molecule has 1 aromatic carbocycles. The van der Waals surface area contributed by atoms with Crippen LogP contribution in [0.4, 0.5) is 5.69 Å². The van der Waals surface area contributed by atoms with Gasteiger partial charge in [-0.25, -0.2) is 0 Å². The van der Waals surface area contributed by atoms with Crippen molar-refractivity contribution in [1.29, 1.82) is 5.41 Å². The zero-order valence-corrected chi connectivity index (χ0v) is 14.4. The number of nitrogens with zero attached hydrogens (tertiary/aromatic N) is 3. The predicted octanol–water partition coefficient (Wildman–Crippen LogP) is 1.73. The minimum Gasteiger partial charge on any atom is -0.369 e. The first-order valence-electron chi connectivity index (χ1n) is 8.74. The van der Waals surface area contributed by atoms with Crippen LogP contribution < -0.4 is 4.90 Å². The van der Waals surface area contributed by atoms with Crippen LogP contribution in [0, 0.1) is 5.41 Å². The minimum atomic E-state index is 0.300. The maximum Gasteiger partial charge on any atom is 0.159 e. The van der Waals surface area contributed by atoms with E-state index in [4.69, 9.17) is 5.41 Å². The van der Waals surface area contributed by atoms with E-state index >= 15 is 0 Å². The summed E-state index contributed by atoms with van der Waals surface area (Å²) in [4.78, 5) is 18.4. The second-order valence-corrected chi connectivity index (χ2v) is 6.76. The number of allylic oxidation sites excluding steroid dienone is 1. The summed E-state index contributed by atoms with van der Waals surface area (Å²) in [5.74, 6) is 2.19. The molecule has 0 aliphatic carbocycles. The molecule has 2 saturated heterocycles. The molecule has 24 heavy (non-hydrogen) atoms. The number of aldehydes is 1. The average Bonchev–Trinajstić information content (AvgIpc) is 2.64. The van der Waals surface area contributed by atoms with Gasteiger partial charge in [-0.15, -0.1) is 0 Å². The molecule has 0 saturated carbocycles. The first kappa shape index (κ1) is 16.9. The van der Waals surface area contributed by atoms with Gasteiger partial charge in [-0.2, -0.15) is 0 Å². The summed E-state index contributed by atoms with van der Waals surface area (Å²) in [6, 6.07) is 8.65. The van der Waals surface area contributed by atoms with Crippen LogP contribution >= 0.6 is 0 Å². The maximum absolute atomic E-state index is 10.9. The molecular formula is C19H26N4O. The topological polar surface area (TPSA) is 50.6 Å². The Bertz CT molecular complexity index is 605. The van der Waals surface area contributed by atoms with Crippen LogP contribution in [0.1, 0.15) is 18.4 Å². The van der Waals surface area contributed by atoms with Gasteiger partial charge in [-0.05, 0) is 56.5 Å². The van der Waals surface area contributed by atoms with Crippen molar-refractivity contribution in [3.63, 3.8) is 0 Å². The van der Waals surface area contributed by atoms with E-state index in [0.717, 1.165) is 37.8 Å². The van der Waals surface area contributed by atoms with Crippen molar-refractivity contribution in [3.8, 4) is 0 Å². The second kappa shape index (κ2) is 7.75. The Morgan fingerprint density at radius 1 is 1.08 bits per heavy atom. The minimum absolute atomic E-state index is 0.300. The molecule has 2 aliphatic rings. The molecule has 0 spiro atoms. The van der Waals surface area contributed by atoms with Gasteiger partial charge in [0, 0.05) is 37.9 Å². The maximum atomic E-state index is 10.9. The van der Waals surface area contributed by atoms with Gasteiger partial charge < -0.3 is 9.80 Å². The summed E-state index contributed by atoms with van der Waals surface area (Å²) >= 11 is 0. The first-order chi connectivity index (χ1) is 11.7. The third-order valence-corrected chi connectivity index (χ3v) is 5.31. The number of benzene rings is 1. The van der Waals surface area contributed by atoms with Crippen molar-refractivity contribution in [2.45, 2.75) is 18.9 Å². The van der Waals surface area contributed by atoms with Crippen LogP contribution in [-0.4, -0.2) is 74.3 Å². The molecule has 2 aliphatic heterocycles. The lowest BCUT2D eigenvalue weighted by Crippen LogP contribution is -2.53. The Morgan fingerprint density at radius 3 is 2.25 bits per heavy atom. The monoisotopic (exact) mass is 326 g/mol. The number of hydrogen-bond donors (Lipinski definition) is 1. The second-order valence-electron chi connectivity index (χ2n) is 6.76. The van der Waals surface area contributed by atoms with Gasteiger partial charge in [0.2, 0.25) is 0 Å². The smallest absolute Gasteiger partial charge is 0.159 e. The van der Waals surface area contributed by atoms with Crippen molar-refractivity contribution >= 4 is 23.4 Å². The van der Waals surface area contributed by atoms with Crippen molar-refractivity contribution in [2.24, 2.45) is 0 Å². The standard InChI is InChI=1S/C19H26N4O/c1-21-8-6-19(7-9-21)23-12-10-22(11-13-23)18-4-2-16(3-5-18)17(14-20)15-24/h2-5,15,19-20H,6-13H2,1H3. The molecule has 128 valence electrons. The fourth-order valence-electron chi connectivity index (χ4n) is 3.73. The van der Waals surface area contributed by atoms with Crippen LogP contribution in [0.25, 0.3) is 5.57 Å². The zero-order chi connectivity index (χ0) is 16.9. The Hall–Kier alpha value is -1.94. The third-order valence-electron chi connectivity index (χ3n) is 5.31. The summed E-state index contributed by atoms with van der Waals surface area (Å²) in [6.07, 6.45) is 3.26. The highest BCUT2D eigenvalue weighted by Gasteiger charge is 2.26. The first-order valence-corrected chi connectivity index (χ1v) is 8.74. The Morgan fingerprint density at radius 2 is 1.71 bits per heavy atom. The molecule has 5 heteroatoms. The van der Waals surface area contributed by atoms with Crippen molar-refractivity contribution in [2.75, 3.05) is 51.2 Å². The lowest BCUT2D eigenvalue weighted by atomic mass is 10.0. The van der Waals surface area contributed by atoms with E-state index < -0.39 is 0 Å². The zero-order valence-electron chi connectivity index (χ0n) is 14.4. The Kier molecular flexibility index (Phi) is 5.46. The molecule has 2 heterocycles. The van der Waals surface area contributed by atoms with Gasteiger partial charge in [-0.3, -0.25) is 15.1 Å². The van der Waals surface area contributed by atoms with Crippen molar-refractivity contribution < 1.29 is 4.79 Å². The van der Waals surface area contributed by atoms with Gasteiger partial charge in [-0.1, -0.05) is 12.1 Å². The molecule has 0 bridgehead atoms. The van der Waals surface area contributed by atoms with Crippen LogP contribution in [0.3, 0.4) is 0 Å². The number of piperidine rings is 1. The molecule has 0 aromatic heterocycles. The number of rotatable bonds is 4. The van der Waals surface area contributed by atoms with E-state index in [2.05, 4.69) is 27.6 Å². The van der Waals surface area contributed by atoms with Crippen LogP contribution in [0.5, 0.6) is 0 Å². The largest absolute Gasteiger partial charge is 0.369 e. The van der Waals surface area contributed by atoms with E-state index in [1.807, 2.05) is 24.3 Å². The van der Waals surface area contributed by atoms with E-state index in [1.165, 1.54) is 31.6 Å². The molecule has 0 amide bonds. The average molecular weight is 326 g/mol. The van der Waals surface area contributed by atoms with Crippen molar-refractivity contribution in [1.82, 2.24) is 9.80 Å². The van der Waals surface area contributed by atoms with E-state index in [-0.39, 0.29) is 0 Å². The highest BCUT2D eigenvalue weighted by molar-refractivity contribution is 6.18. The molecule has 5 nitrogen and oxygen atoms in total. The van der Waals surface area contributed by atoms with E-state index in [0.29, 0.717) is 11.9 Å². The fraction of sp³-hybridized carbons (Fsp3) is 0.526. The molecule has 2 fully saturated rings. The summed E-state index contributed by atoms with van der Waals surface area (Å²) in [5.41, 5.74) is 2.25. The van der Waals surface area contributed by atoms with Gasteiger partial charge >= 0.3 is 0 Å². The third kappa shape index (κ3) is 3.75. The fourth-order valence-corrected chi connectivity index (χ4v) is 3.73. The Labute approximate surface area is 144 Å². The number of hydrogen-bond acceptors (Lipinski definition) is 5. The molecule has 3 rings (SSSR count). The summed E-state index contributed by atoms with van der Waals surface area (Å²) < 4.78 is 0. The quantitative estimate of drug-likeness (QED) is 0.520. The number of anilines is 1. The lowest BCUT2D eigenvalue weighted by molar-refractivity contribution is -0.103. The van der Waals surface area contributed by atoms with E-state index in [1.54, 1.807) is 0 Å². The predicted molar refractivity (Wildman–Crippen MR) is 97.9 cm³/mol. The number of nitrogens with one attached hydrogen (secondary N) is 1. The van der Waals surface area contributed by atoms with Crippen molar-refractivity contribution in [3.05, 3.63) is 29.8 Å². The highest BCUT2D eigenvalue weighted by atomic mass is 16.1. The number of likely N-dealkylation sites (tertiary alicyclic amines) is 1. The van der Waals surface area contributed by atoms with Gasteiger partial charge in [0.1, 0.15) is 0 Å². The molecule has 0 radical (unpaired) electrons. The van der Waals surface area contributed by atoms with Gasteiger partial charge in [0.25, 0.3) is 0 Å². The molecular weight excluding hydrogens is 300 g/mol. The number of carbonyl (C=O) groups excluding carboxylic acids is 1. The molecule has 0 unspecified atom stereocenters. The molecule has 1 N–H and O–H groups in total. The van der Waals surface area contributed by atoms with E-state index in [9.17, 15) is 4.79 Å². The van der Waals surface area contributed by atoms with Crippen LogP contribution in [0.2, 0.25) is 0 Å². The normalized spacial score (nSPS) is 20.6. The molecule has 0 atom stereocenters. The lowest BCUT2D eigenvalue weighted by Gasteiger charge is -2.42.